The number of benzene rings is 2. The van der Waals surface area contributed by atoms with E-state index in [1.165, 1.54) is 12.1 Å². The SMILES string of the molecule is Cc1cccc(OCc2cn3c(n2)CCN(c2ccc(F)cc2)C3=O)c1. The van der Waals surface area contributed by atoms with Gasteiger partial charge in [0, 0.05) is 24.8 Å². The van der Waals surface area contributed by atoms with Crippen molar-refractivity contribution in [3.05, 3.63) is 77.6 Å². The summed E-state index contributed by atoms with van der Waals surface area (Å²) >= 11 is 0. The Kier molecular flexibility index (Phi) is 4.16. The lowest BCUT2D eigenvalue weighted by Gasteiger charge is -2.27. The maximum Gasteiger partial charge on any atom is 0.334 e. The molecule has 5 nitrogen and oxygen atoms in total. The quantitative estimate of drug-likeness (QED) is 0.715. The molecule has 132 valence electrons. The van der Waals surface area contributed by atoms with Crippen molar-refractivity contribution in [3.63, 3.8) is 0 Å². The van der Waals surface area contributed by atoms with E-state index < -0.39 is 0 Å². The van der Waals surface area contributed by atoms with Gasteiger partial charge < -0.3 is 4.74 Å². The van der Waals surface area contributed by atoms with Gasteiger partial charge in [0.1, 0.15) is 24.0 Å². The van der Waals surface area contributed by atoms with Crippen molar-refractivity contribution in [3.8, 4) is 5.75 Å². The van der Waals surface area contributed by atoms with Crippen LogP contribution in [0.2, 0.25) is 0 Å². The molecular formula is C20H18FN3O2. The summed E-state index contributed by atoms with van der Waals surface area (Å²) in [7, 11) is 0. The van der Waals surface area contributed by atoms with Gasteiger partial charge in [-0.1, -0.05) is 12.1 Å². The van der Waals surface area contributed by atoms with Crippen LogP contribution < -0.4 is 9.64 Å². The number of amides is 1. The van der Waals surface area contributed by atoms with Gasteiger partial charge >= 0.3 is 6.03 Å². The molecule has 0 fully saturated rings. The van der Waals surface area contributed by atoms with Crippen molar-refractivity contribution in [2.75, 3.05) is 11.4 Å². The number of anilines is 1. The number of ether oxygens (including phenoxy) is 1. The first-order valence-electron chi connectivity index (χ1n) is 8.44. The van der Waals surface area contributed by atoms with Gasteiger partial charge in [-0.15, -0.1) is 0 Å². The average Bonchev–Trinajstić information content (AvgIpc) is 3.06. The van der Waals surface area contributed by atoms with Gasteiger partial charge in [-0.25, -0.2) is 14.2 Å². The second-order valence-corrected chi connectivity index (χ2v) is 6.28. The van der Waals surface area contributed by atoms with Crippen molar-refractivity contribution >= 4 is 11.7 Å². The van der Waals surface area contributed by atoms with Crippen LogP contribution in [0.25, 0.3) is 0 Å². The lowest BCUT2D eigenvalue weighted by molar-refractivity contribution is 0.245. The molecule has 0 bridgehead atoms. The number of imidazole rings is 1. The predicted molar refractivity (Wildman–Crippen MR) is 96.0 cm³/mol. The first-order valence-corrected chi connectivity index (χ1v) is 8.44. The maximum atomic E-state index is 13.1. The molecule has 1 aromatic heterocycles. The molecule has 0 N–H and O–H groups in total. The fourth-order valence-corrected chi connectivity index (χ4v) is 3.04. The highest BCUT2D eigenvalue weighted by molar-refractivity contribution is 5.94. The summed E-state index contributed by atoms with van der Waals surface area (Å²) in [5.41, 5.74) is 2.50. The van der Waals surface area contributed by atoms with Gasteiger partial charge in [0.05, 0.1) is 5.69 Å². The third kappa shape index (κ3) is 3.18. The minimum Gasteiger partial charge on any atom is -0.487 e. The number of halogens is 1. The zero-order chi connectivity index (χ0) is 18.1. The van der Waals surface area contributed by atoms with E-state index >= 15 is 0 Å². The molecule has 0 radical (unpaired) electrons. The summed E-state index contributed by atoms with van der Waals surface area (Å²) in [5, 5.41) is 0. The van der Waals surface area contributed by atoms with Crippen LogP contribution >= 0.6 is 0 Å². The summed E-state index contributed by atoms with van der Waals surface area (Å²) in [6, 6.07) is 13.5. The third-order valence-corrected chi connectivity index (χ3v) is 4.34. The van der Waals surface area contributed by atoms with Gasteiger partial charge in [-0.2, -0.15) is 0 Å². The molecular weight excluding hydrogens is 333 g/mol. The van der Waals surface area contributed by atoms with Crippen LogP contribution in [0.1, 0.15) is 17.1 Å². The highest BCUT2D eigenvalue weighted by Gasteiger charge is 2.26. The molecule has 1 aliphatic heterocycles. The number of aromatic nitrogens is 2. The molecule has 2 aromatic carbocycles. The number of carbonyl (C=O) groups excluding carboxylic acids is 1. The first kappa shape index (κ1) is 16.3. The Hall–Kier alpha value is -3.15. The Morgan fingerprint density at radius 2 is 2.00 bits per heavy atom. The van der Waals surface area contributed by atoms with Crippen molar-refractivity contribution in [1.82, 2.24) is 9.55 Å². The van der Waals surface area contributed by atoms with Gasteiger partial charge in [-0.3, -0.25) is 9.47 Å². The van der Waals surface area contributed by atoms with Crippen molar-refractivity contribution in [1.29, 1.82) is 0 Å². The van der Waals surface area contributed by atoms with Gasteiger partial charge in [0.25, 0.3) is 0 Å². The van der Waals surface area contributed by atoms with E-state index in [0.717, 1.165) is 17.1 Å². The van der Waals surface area contributed by atoms with E-state index in [0.29, 0.717) is 31.0 Å². The fourth-order valence-electron chi connectivity index (χ4n) is 3.04. The van der Waals surface area contributed by atoms with Gasteiger partial charge in [0.15, 0.2) is 0 Å². The summed E-state index contributed by atoms with van der Waals surface area (Å²) in [6.45, 7) is 2.82. The topological polar surface area (TPSA) is 47.4 Å². The predicted octanol–water partition coefficient (Wildman–Crippen LogP) is 3.94. The summed E-state index contributed by atoms with van der Waals surface area (Å²) in [6.07, 6.45) is 2.34. The zero-order valence-corrected chi connectivity index (χ0v) is 14.4. The fraction of sp³-hybridized carbons (Fsp3) is 0.200. The number of hydrogen-bond acceptors (Lipinski definition) is 3. The Morgan fingerprint density at radius 1 is 1.19 bits per heavy atom. The summed E-state index contributed by atoms with van der Waals surface area (Å²) in [5.74, 6) is 1.17. The number of rotatable bonds is 4. The van der Waals surface area contributed by atoms with E-state index in [4.69, 9.17) is 4.74 Å². The smallest absolute Gasteiger partial charge is 0.334 e. The second-order valence-electron chi connectivity index (χ2n) is 6.28. The molecule has 0 atom stereocenters. The molecule has 26 heavy (non-hydrogen) atoms. The molecule has 2 heterocycles. The Balaban J connectivity index is 1.51. The van der Waals surface area contributed by atoms with E-state index in [1.807, 2.05) is 31.2 Å². The maximum absolute atomic E-state index is 13.1. The largest absolute Gasteiger partial charge is 0.487 e. The van der Waals surface area contributed by atoms with E-state index in [-0.39, 0.29) is 11.8 Å². The molecule has 0 unspecified atom stereocenters. The van der Waals surface area contributed by atoms with Crippen molar-refractivity contribution in [2.45, 2.75) is 20.0 Å². The van der Waals surface area contributed by atoms with Crippen molar-refractivity contribution < 1.29 is 13.9 Å². The molecule has 1 amide bonds. The molecule has 0 saturated carbocycles. The zero-order valence-electron chi connectivity index (χ0n) is 14.4. The Labute approximate surface area is 150 Å². The molecule has 0 saturated heterocycles. The number of hydrogen-bond donors (Lipinski definition) is 0. The van der Waals surface area contributed by atoms with Crippen LogP contribution in [-0.4, -0.2) is 22.1 Å². The molecule has 1 aliphatic rings. The molecule has 6 heteroatoms. The normalized spacial score (nSPS) is 13.6. The minimum absolute atomic E-state index is 0.188. The second kappa shape index (κ2) is 6.63. The lowest BCUT2D eigenvalue weighted by Crippen LogP contribution is -2.41. The number of carbonyl (C=O) groups is 1. The Morgan fingerprint density at radius 3 is 2.77 bits per heavy atom. The average molecular weight is 351 g/mol. The van der Waals surface area contributed by atoms with Crippen LogP contribution in [-0.2, 0) is 13.0 Å². The summed E-state index contributed by atoms with van der Waals surface area (Å²) in [4.78, 5) is 18.9. The van der Waals surface area contributed by atoms with Crippen LogP contribution in [0.5, 0.6) is 5.75 Å². The Bertz CT molecular complexity index is 950. The molecule has 4 rings (SSSR count). The first-order chi connectivity index (χ1) is 12.6. The minimum atomic E-state index is -0.322. The van der Waals surface area contributed by atoms with E-state index in [1.54, 1.807) is 27.8 Å². The van der Waals surface area contributed by atoms with Crippen LogP contribution in [0, 0.1) is 12.7 Å². The third-order valence-electron chi connectivity index (χ3n) is 4.34. The number of fused-ring (bicyclic) bond motifs is 1. The monoisotopic (exact) mass is 351 g/mol. The standard InChI is InChI=1S/C20H18FN3O2/c1-14-3-2-4-18(11-14)26-13-16-12-24-19(22-16)9-10-23(20(24)25)17-7-5-15(21)6-8-17/h2-8,11-12H,9-10,13H2,1H3. The molecule has 3 aromatic rings. The van der Waals surface area contributed by atoms with Gasteiger partial charge in [0.2, 0.25) is 0 Å². The molecule has 0 aliphatic carbocycles. The van der Waals surface area contributed by atoms with Crippen LogP contribution in [0.15, 0.2) is 54.7 Å². The van der Waals surface area contributed by atoms with Crippen LogP contribution in [0.4, 0.5) is 14.9 Å². The lowest BCUT2D eigenvalue weighted by atomic mass is 10.2. The number of aryl methyl sites for hydroxylation is 1. The molecule has 0 spiro atoms. The number of nitrogens with zero attached hydrogens (tertiary/aromatic N) is 3. The van der Waals surface area contributed by atoms with E-state index in [2.05, 4.69) is 4.98 Å². The van der Waals surface area contributed by atoms with Crippen molar-refractivity contribution in [2.24, 2.45) is 0 Å². The van der Waals surface area contributed by atoms with E-state index in [9.17, 15) is 9.18 Å². The highest BCUT2D eigenvalue weighted by Crippen LogP contribution is 2.22. The highest BCUT2D eigenvalue weighted by atomic mass is 19.1. The summed E-state index contributed by atoms with van der Waals surface area (Å²) < 4.78 is 20.4. The van der Waals surface area contributed by atoms with Crippen LogP contribution in [0.3, 0.4) is 0 Å². The van der Waals surface area contributed by atoms with Gasteiger partial charge in [-0.05, 0) is 48.9 Å².